The molecule has 17 heavy (non-hydrogen) atoms. The molecule has 2 heterocycles. The number of hydrogen-bond donors (Lipinski definition) is 2. The average molecular weight is 303 g/mol. The molecule has 0 spiro atoms. The molecule has 1 aromatic heterocycles. The lowest BCUT2D eigenvalue weighted by atomic mass is 10.2. The van der Waals surface area contributed by atoms with Gasteiger partial charge >= 0.3 is 0 Å². The van der Waals surface area contributed by atoms with Crippen molar-refractivity contribution < 1.29 is 14.9 Å². The summed E-state index contributed by atoms with van der Waals surface area (Å²) in [5.41, 5.74) is 0.750. The van der Waals surface area contributed by atoms with Crippen LogP contribution in [0.5, 0.6) is 0 Å². The Balaban J connectivity index is 2.30. The number of anilines is 1. The van der Waals surface area contributed by atoms with Crippen LogP contribution in [-0.2, 0) is 11.3 Å². The third kappa shape index (κ3) is 2.77. The lowest BCUT2D eigenvalue weighted by Crippen LogP contribution is -2.48. The summed E-state index contributed by atoms with van der Waals surface area (Å²) in [6.07, 6.45) is 1.69. The molecule has 5 nitrogen and oxygen atoms in total. The summed E-state index contributed by atoms with van der Waals surface area (Å²) < 4.78 is 6.15. The zero-order valence-corrected chi connectivity index (χ0v) is 10.9. The fraction of sp³-hybridized carbons (Fsp3) is 0.545. The number of pyridine rings is 1. The largest absolute Gasteiger partial charge is 0.394 e. The summed E-state index contributed by atoms with van der Waals surface area (Å²) in [6, 6.07) is 1.74. The van der Waals surface area contributed by atoms with Gasteiger partial charge in [0.15, 0.2) is 0 Å². The van der Waals surface area contributed by atoms with Gasteiger partial charge < -0.3 is 19.8 Å². The van der Waals surface area contributed by atoms with Crippen molar-refractivity contribution in [3.05, 3.63) is 22.3 Å². The van der Waals surface area contributed by atoms with Gasteiger partial charge in [-0.15, -0.1) is 0 Å². The number of aromatic nitrogens is 1. The molecule has 0 aromatic carbocycles. The summed E-state index contributed by atoms with van der Waals surface area (Å²) in [4.78, 5) is 6.31. The minimum absolute atomic E-state index is 0.0165. The first kappa shape index (κ1) is 12.8. The smallest absolute Gasteiger partial charge is 0.134 e. The molecule has 2 N–H and O–H groups in total. The lowest BCUT2D eigenvalue weighted by molar-refractivity contribution is 0.0720. The van der Waals surface area contributed by atoms with Crippen molar-refractivity contribution in [3.63, 3.8) is 0 Å². The highest BCUT2D eigenvalue weighted by molar-refractivity contribution is 9.10. The Morgan fingerprint density at radius 1 is 1.53 bits per heavy atom. The van der Waals surface area contributed by atoms with Crippen molar-refractivity contribution in [2.45, 2.75) is 12.6 Å². The van der Waals surface area contributed by atoms with E-state index in [4.69, 9.17) is 4.74 Å². The van der Waals surface area contributed by atoms with Gasteiger partial charge in [-0.25, -0.2) is 4.98 Å². The van der Waals surface area contributed by atoms with Crippen molar-refractivity contribution in [2.24, 2.45) is 0 Å². The van der Waals surface area contributed by atoms with Crippen LogP contribution in [0.2, 0.25) is 0 Å². The number of nitrogens with zero attached hydrogens (tertiary/aromatic N) is 2. The minimum atomic E-state index is -0.0947. The fourth-order valence-corrected chi connectivity index (χ4v) is 2.31. The number of ether oxygens (including phenoxy) is 1. The molecule has 0 aliphatic carbocycles. The molecule has 1 aliphatic heterocycles. The topological polar surface area (TPSA) is 65.8 Å². The predicted octanol–water partition coefficient (Wildman–Crippen LogP) is 0.534. The Kier molecular flexibility index (Phi) is 4.33. The molecular formula is C11H15BrN2O3. The zero-order valence-electron chi connectivity index (χ0n) is 9.34. The van der Waals surface area contributed by atoms with E-state index in [1.165, 1.54) is 0 Å². The van der Waals surface area contributed by atoms with Gasteiger partial charge in [-0.2, -0.15) is 0 Å². The first-order valence-electron chi connectivity index (χ1n) is 5.46. The van der Waals surface area contributed by atoms with Crippen molar-refractivity contribution in [2.75, 3.05) is 31.3 Å². The molecule has 1 aromatic rings. The second-order valence-corrected chi connectivity index (χ2v) is 4.81. The van der Waals surface area contributed by atoms with E-state index in [-0.39, 0.29) is 19.3 Å². The molecule has 2 rings (SSSR count). The van der Waals surface area contributed by atoms with Gasteiger partial charge in [-0.05, 0) is 22.0 Å². The van der Waals surface area contributed by atoms with Crippen LogP contribution >= 0.6 is 15.9 Å². The molecular weight excluding hydrogens is 288 g/mol. The molecule has 1 unspecified atom stereocenters. The standard InChI is InChI=1S/C11H15BrN2O3/c12-9-3-8(5-15)11(13-4-9)14-1-2-17-7-10(14)6-16/h3-4,10,15-16H,1-2,5-7H2. The van der Waals surface area contributed by atoms with E-state index < -0.39 is 0 Å². The van der Waals surface area contributed by atoms with Gasteiger partial charge in [0.2, 0.25) is 0 Å². The van der Waals surface area contributed by atoms with Crippen LogP contribution < -0.4 is 4.90 Å². The number of halogens is 1. The van der Waals surface area contributed by atoms with Crippen LogP contribution in [0.15, 0.2) is 16.7 Å². The van der Waals surface area contributed by atoms with Crippen LogP contribution in [-0.4, -0.2) is 47.6 Å². The average Bonchev–Trinajstić information content (AvgIpc) is 2.38. The zero-order chi connectivity index (χ0) is 12.3. The van der Waals surface area contributed by atoms with Gasteiger partial charge in [0, 0.05) is 22.8 Å². The van der Waals surface area contributed by atoms with Crippen LogP contribution in [0.25, 0.3) is 0 Å². The quantitative estimate of drug-likeness (QED) is 0.853. The number of aliphatic hydroxyl groups excluding tert-OH is 2. The summed E-state index contributed by atoms with van der Waals surface area (Å²) in [7, 11) is 0. The van der Waals surface area contributed by atoms with Crippen molar-refractivity contribution in [1.29, 1.82) is 0 Å². The van der Waals surface area contributed by atoms with E-state index in [0.717, 1.165) is 15.9 Å². The Morgan fingerprint density at radius 2 is 2.35 bits per heavy atom. The van der Waals surface area contributed by atoms with Gasteiger partial charge in [0.25, 0.3) is 0 Å². The minimum Gasteiger partial charge on any atom is -0.394 e. The maximum Gasteiger partial charge on any atom is 0.134 e. The van der Waals surface area contributed by atoms with E-state index in [0.29, 0.717) is 19.8 Å². The van der Waals surface area contributed by atoms with E-state index in [1.54, 1.807) is 6.20 Å². The first-order valence-corrected chi connectivity index (χ1v) is 6.26. The lowest BCUT2D eigenvalue weighted by Gasteiger charge is -2.36. The number of aliphatic hydroxyl groups is 2. The van der Waals surface area contributed by atoms with Crippen molar-refractivity contribution in [1.82, 2.24) is 4.98 Å². The highest BCUT2D eigenvalue weighted by Gasteiger charge is 2.25. The van der Waals surface area contributed by atoms with Gasteiger partial charge in [-0.3, -0.25) is 0 Å². The Bertz CT molecular complexity index is 389. The van der Waals surface area contributed by atoms with E-state index in [1.807, 2.05) is 11.0 Å². The fourth-order valence-electron chi connectivity index (χ4n) is 1.93. The second-order valence-electron chi connectivity index (χ2n) is 3.90. The van der Waals surface area contributed by atoms with E-state index >= 15 is 0 Å². The maximum absolute atomic E-state index is 9.35. The highest BCUT2D eigenvalue weighted by Crippen LogP contribution is 2.24. The molecule has 0 saturated carbocycles. The summed E-state index contributed by atoms with van der Waals surface area (Å²) in [6.45, 7) is 1.71. The monoisotopic (exact) mass is 302 g/mol. The Hall–Kier alpha value is -0.690. The summed E-state index contributed by atoms with van der Waals surface area (Å²) in [5, 5.41) is 18.7. The Morgan fingerprint density at radius 3 is 3.06 bits per heavy atom. The predicted molar refractivity (Wildman–Crippen MR) is 66.9 cm³/mol. The SMILES string of the molecule is OCc1cc(Br)cnc1N1CCOCC1CO. The van der Waals surface area contributed by atoms with Crippen LogP contribution in [0.4, 0.5) is 5.82 Å². The third-order valence-corrected chi connectivity index (χ3v) is 3.22. The number of rotatable bonds is 3. The normalized spacial score (nSPS) is 20.6. The molecule has 6 heteroatoms. The van der Waals surface area contributed by atoms with Gasteiger partial charge in [-0.1, -0.05) is 0 Å². The van der Waals surface area contributed by atoms with Gasteiger partial charge in [0.1, 0.15) is 5.82 Å². The summed E-state index contributed by atoms with van der Waals surface area (Å²) >= 11 is 3.33. The first-order chi connectivity index (χ1) is 8.26. The molecule has 1 aliphatic rings. The number of hydrogen-bond acceptors (Lipinski definition) is 5. The molecule has 0 amide bonds. The van der Waals surface area contributed by atoms with Crippen LogP contribution in [0.3, 0.4) is 0 Å². The highest BCUT2D eigenvalue weighted by atomic mass is 79.9. The van der Waals surface area contributed by atoms with Crippen LogP contribution in [0, 0.1) is 0 Å². The molecule has 0 bridgehead atoms. The van der Waals surface area contributed by atoms with Crippen LogP contribution in [0.1, 0.15) is 5.56 Å². The molecule has 1 fully saturated rings. The number of morpholine rings is 1. The van der Waals surface area contributed by atoms with Crippen molar-refractivity contribution >= 4 is 21.7 Å². The van der Waals surface area contributed by atoms with E-state index in [9.17, 15) is 10.2 Å². The Labute approximate surface area is 108 Å². The van der Waals surface area contributed by atoms with Crippen molar-refractivity contribution in [3.8, 4) is 0 Å². The maximum atomic E-state index is 9.35. The molecule has 0 radical (unpaired) electrons. The molecule has 94 valence electrons. The molecule has 1 atom stereocenters. The van der Waals surface area contributed by atoms with Gasteiger partial charge in [0.05, 0.1) is 32.5 Å². The third-order valence-electron chi connectivity index (χ3n) is 2.79. The van der Waals surface area contributed by atoms with E-state index in [2.05, 4.69) is 20.9 Å². The molecule has 1 saturated heterocycles. The summed E-state index contributed by atoms with van der Waals surface area (Å²) in [5.74, 6) is 0.720. The second kappa shape index (κ2) is 5.77.